The standard InChI is InChI=1S/C17H16FN3O4/c1-21(17(23)13-5-3-4-6-15(13)25-2)19-10-12-8-7-11(9-14(12)18)16(22)20-24/h3-10,24H,1-2H3,(H,20,22)/b19-10+. The van der Waals surface area contributed by atoms with Crippen molar-refractivity contribution in [1.82, 2.24) is 10.5 Å². The minimum atomic E-state index is -0.828. The second kappa shape index (κ2) is 8.02. The number of nitrogens with zero attached hydrogens (tertiary/aromatic N) is 2. The maximum Gasteiger partial charge on any atom is 0.277 e. The Balaban J connectivity index is 2.18. The van der Waals surface area contributed by atoms with Crippen molar-refractivity contribution in [3.63, 3.8) is 0 Å². The topological polar surface area (TPSA) is 91.2 Å². The average molecular weight is 345 g/mol. The number of benzene rings is 2. The normalized spacial score (nSPS) is 10.6. The molecule has 2 amide bonds. The number of hydrazone groups is 1. The molecule has 8 heteroatoms. The van der Waals surface area contributed by atoms with Gasteiger partial charge < -0.3 is 4.74 Å². The molecule has 0 unspecified atom stereocenters. The zero-order chi connectivity index (χ0) is 18.4. The largest absolute Gasteiger partial charge is 0.496 e. The summed E-state index contributed by atoms with van der Waals surface area (Å²) in [5.74, 6) is -1.57. The summed E-state index contributed by atoms with van der Waals surface area (Å²) >= 11 is 0. The van der Waals surface area contributed by atoms with Crippen molar-refractivity contribution in [2.75, 3.05) is 14.2 Å². The van der Waals surface area contributed by atoms with Gasteiger partial charge in [0.15, 0.2) is 0 Å². The lowest BCUT2D eigenvalue weighted by molar-refractivity contribution is 0.0705. The number of hydrogen-bond acceptors (Lipinski definition) is 5. The molecule has 0 heterocycles. The molecule has 25 heavy (non-hydrogen) atoms. The van der Waals surface area contributed by atoms with Crippen LogP contribution in [-0.2, 0) is 0 Å². The Morgan fingerprint density at radius 1 is 1.28 bits per heavy atom. The number of carbonyl (C=O) groups is 2. The molecule has 130 valence electrons. The van der Waals surface area contributed by atoms with Crippen LogP contribution in [0, 0.1) is 5.82 Å². The van der Waals surface area contributed by atoms with Crippen molar-refractivity contribution in [2.45, 2.75) is 0 Å². The van der Waals surface area contributed by atoms with Crippen LogP contribution in [0.3, 0.4) is 0 Å². The Kier molecular flexibility index (Phi) is 5.80. The number of rotatable bonds is 5. The van der Waals surface area contributed by atoms with Crippen LogP contribution in [0.15, 0.2) is 47.6 Å². The number of carbonyl (C=O) groups excluding carboxylic acids is 2. The Bertz CT molecular complexity index is 823. The lowest BCUT2D eigenvalue weighted by Gasteiger charge is -2.13. The number of halogens is 1. The highest BCUT2D eigenvalue weighted by Gasteiger charge is 2.15. The fraction of sp³-hybridized carbons (Fsp3) is 0.118. The summed E-state index contributed by atoms with van der Waals surface area (Å²) in [6.07, 6.45) is 1.16. The molecule has 0 aliphatic rings. The molecule has 0 aromatic heterocycles. The molecule has 0 atom stereocenters. The highest BCUT2D eigenvalue weighted by atomic mass is 19.1. The average Bonchev–Trinajstić information content (AvgIpc) is 2.65. The van der Waals surface area contributed by atoms with Gasteiger partial charge in [-0.2, -0.15) is 5.10 Å². The zero-order valence-electron chi connectivity index (χ0n) is 13.6. The molecule has 0 fully saturated rings. The molecule has 0 bridgehead atoms. The maximum absolute atomic E-state index is 14.0. The summed E-state index contributed by atoms with van der Waals surface area (Å²) in [7, 11) is 2.88. The zero-order valence-corrected chi connectivity index (χ0v) is 13.6. The molecule has 0 saturated carbocycles. The van der Waals surface area contributed by atoms with Crippen molar-refractivity contribution in [2.24, 2.45) is 5.10 Å². The molecule has 2 N–H and O–H groups in total. The van der Waals surface area contributed by atoms with E-state index in [0.29, 0.717) is 11.3 Å². The third-order valence-corrected chi connectivity index (χ3v) is 3.37. The van der Waals surface area contributed by atoms with Gasteiger partial charge in [0.25, 0.3) is 11.8 Å². The van der Waals surface area contributed by atoms with E-state index >= 15 is 0 Å². The number of ether oxygens (including phenoxy) is 1. The second-order valence-electron chi connectivity index (χ2n) is 4.95. The Morgan fingerprint density at radius 3 is 2.64 bits per heavy atom. The quantitative estimate of drug-likeness (QED) is 0.493. The first kappa shape index (κ1) is 18.1. The van der Waals surface area contributed by atoms with E-state index in [-0.39, 0.29) is 11.1 Å². The molecule has 0 saturated heterocycles. The van der Waals surface area contributed by atoms with Gasteiger partial charge in [0, 0.05) is 18.2 Å². The Hall–Kier alpha value is -3.26. The summed E-state index contributed by atoms with van der Waals surface area (Å²) in [6.45, 7) is 0. The van der Waals surface area contributed by atoms with Crippen molar-refractivity contribution in [3.8, 4) is 5.75 Å². The van der Waals surface area contributed by atoms with Crippen LogP contribution in [0.5, 0.6) is 5.75 Å². The minimum Gasteiger partial charge on any atom is -0.496 e. The number of amides is 2. The third-order valence-electron chi connectivity index (χ3n) is 3.37. The summed E-state index contributed by atoms with van der Waals surface area (Å²) in [5, 5.41) is 13.5. The molecular weight excluding hydrogens is 329 g/mol. The van der Waals surface area contributed by atoms with Crippen molar-refractivity contribution >= 4 is 18.0 Å². The van der Waals surface area contributed by atoms with Crippen LogP contribution in [0.25, 0.3) is 0 Å². The van der Waals surface area contributed by atoms with Crippen LogP contribution >= 0.6 is 0 Å². The molecule has 0 spiro atoms. The van der Waals surface area contributed by atoms with E-state index in [2.05, 4.69) is 5.10 Å². The fourth-order valence-electron chi connectivity index (χ4n) is 2.03. The van der Waals surface area contributed by atoms with Gasteiger partial charge >= 0.3 is 0 Å². The lowest BCUT2D eigenvalue weighted by atomic mass is 10.1. The van der Waals surface area contributed by atoms with Gasteiger partial charge in [-0.1, -0.05) is 12.1 Å². The van der Waals surface area contributed by atoms with Gasteiger partial charge in [0.05, 0.1) is 18.9 Å². The van der Waals surface area contributed by atoms with E-state index in [1.165, 1.54) is 31.8 Å². The van der Waals surface area contributed by atoms with Crippen molar-refractivity contribution in [3.05, 3.63) is 65.0 Å². The predicted molar refractivity (Wildman–Crippen MR) is 88.3 cm³/mol. The number of methoxy groups -OCH3 is 1. The molecule has 2 rings (SSSR count). The molecule has 0 radical (unpaired) electrons. The molecule has 0 aliphatic carbocycles. The maximum atomic E-state index is 14.0. The fourth-order valence-corrected chi connectivity index (χ4v) is 2.03. The van der Waals surface area contributed by atoms with Crippen LogP contribution in [-0.4, -0.2) is 42.4 Å². The second-order valence-corrected chi connectivity index (χ2v) is 4.95. The van der Waals surface area contributed by atoms with Gasteiger partial charge in [-0.3, -0.25) is 14.8 Å². The van der Waals surface area contributed by atoms with Gasteiger partial charge in [0.2, 0.25) is 0 Å². The van der Waals surface area contributed by atoms with Gasteiger partial charge in [0.1, 0.15) is 11.6 Å². The first-order valence-corrected chi connectivity index (χ1v) is 7.17. The van der Waals surface area contributed by atoms with E-state index in [9.17, 15) is 14.0 Å². The summed E-state index contributed by atoms with van der Waals surface area (Å²) in [5.41, 5.74) is 1.77. The first-order chi connectivity index (χ1) is 12.0. The molecule has 7 nitrogen and oxygen atoms in total. The first-order valence-electron chi connectivity index (χ1n) is 7.17. The van der Waals surface area contributed by atoms with E-state index in [1.54, 1.807) is 24.3 Å². The SMILES string of the molecule is COc1ccccc1C(=O)N(C)/N=C/c1ccc(C(=O)NO)cc1F. The summed E-state index contributed by atoms with van der Waals surface area (Å²) < 4.78 is 19.1. The third kappa shape index (κ3) is 4.18. The van der Waals surface area contributed by atoms with Gasteiger partial charge in [-0.25, -0.2) is 14.9 Å². The van der Waals surface area contributed by atoms with Crippen LogP contribution in [0.4, 0.5) is 4.39 Å². The van der Waals surface area contributed by atoms with Crippen molar-refractivity contribution < 1.29 is 23.9 Å². The highest BCUT2D eigenvalue weighted by molar-refractivity contribution is 5.97. The molecule has 2 aromatic carbocycles. The molecule has 0 aliphatic heterocycles. The minimum absolute atomic E-state index is 0.0457. The predicted octanol–water partition coefficient (Wildman–Crippen LogP) is 2.06. The Labute approximate surface area is 143 Å². The van der Waals surface area contributed by atoms with Crippen LogP contribution < -0.4 is 10.2 Å². The van der Waals surface area contributed by atoms with E-state index in [4.69, 9.17) is 9.94 Å². The smallest absolute Gasteiger partial charge is 0.277 e. The van der Waals surface area contributed by atoms with Crippen LogP contribution in [0.2, 0.25) is 0 Å². The van der Waals surface area contributed by atoms with Crippen LogP contribution in [0.1, 0.15) is 26.3 Å². The van der Waals surface area contributed by atoms with E-state index < -0.39 is 17.6 Å². The van der Waals surface area contributed by atoms with Gasteiger partial charge in [-0.15, -0.1) is 0 Å². The Morgan fingerprint density at radius 2 is 2.00 bits per heavy atom. The number of para-hydroxylation sites is 1. The monoisotopic (exact) mass is 345 g/mol. The van der Waals surface area contributed by atoms with Crippen molar-refractivity contribution in [1.29, 1.82) is 0 Å². The number of hydrogen-bond donors (Lipinski definition) is 2. The number of nitrogens with one attached hydrogen (secondary N) is 1. The summed E-state index contributed by atoms with van der Waals surface area (Å²) in [4.78, 5) is 23.6. The molecular formula is C17H16FN3O4. The van der Waals surface area contributed by atoms with Gasteiger partial charge in [-0.05, 0) is 30.3 Å². The van der Waals surface area contributed by atoms with E-state index in [1.807, 2.05) is 0 Å². The summed E-state index contributed by atoms with van der Waals surface area (Å²) in [6, 6.07) is 10.2. The highest BCUT2D eigenvalue weighted by Crippen LogP contribution is 2.19. The lowest BCUT2D eigenvalue weighted by Crippen LogP contribution is -2.22. The van der Waals surface area contributed by atoms with E-state index in [0.717, 1.165) is 17.3 Å². The number of hydroxylamine groups is 1. The molecule has 2 aromatic rings.